The fourth-order valence-electron chi connectivity index (χ4n) is 1.68. The second-order valence-corrected chi connectivity index (χ2v) is 4.47. The summed E-state index contributed by atoms with van der Waals surface area (Å²) in [5.74, 6) is -0.183. The van der Waals surface area contributed by atoms with Gasteiger partial charge in [0.2, 0.25) is 0 Å². The Balaban J connectivity index is 2.10. The smallest absolute Gasteiger partial charge is 0.255 e. The Morgan fingerprint density at radius 2 is 1.84 bits per heavy atom. The third-order valence-corrected chi connectivity index (χ3v) is 2.98. The van der Waals surface area contributed by atoms with Gasteiger partial charge in [-0.3, -0.25) is 4.79 Å². The van der Waals surface area contributed by atoms with E-state index in [2.05, 4.69) is 5.32 Å². The normalized spacial score (nSPS) is 10.2. The van der Waals surface area contributed by atoms with Crippen LogP contribution in [0.1, 0.15) is 15.9 Å². The molecule has 2 aromatic rings. The number of carbonyl (C=O) groups is 1. The summed E-state index contributed by atoms with van der Waals surface area (Å²) >= 11 is 5.99. The molecule has 0 spiro atoms. The van der Waals surface area contributed by atoms with E-state index in [0.717, 1.165) is 5.56 Å². The standard InChI is InChI=1S/C15H14ClNO2/c1-19-10-11-6-8-12(9-7-11)15(18)17-14-5-3-2-4-13(14)16/h2-9H,10H2,1H3,(H,17,18). The Labute approximate surface area is 117 Å². The van der Waals surface area contributed by atoms with Crippen LogP contribution in [-0.2, 0) is 11.3 Å². The fourth-order valence-corrected chi connectivity index (χ4v) is 1.86. The van der Waals surface area contributed by atoms with Gasteiger partial charge in [0.15, 0.2) is 0 Å². The molecule has 0 bridgehead atoms. The van der Waals surface area contributed by atoms with Gasteiger partial charge in [0.1, 0.15) is 0 Å². The van der Waals surface area contributed by atoms with Crippen LogP contribution < -0.4 is 5.32 Å². The SMILES string of the molecule is COCc1ccc(C(=O)Nc2ccccc2Cl)cc1. The average Bonchev–Trinajstić information content (AvgIpc) is 2.42. The fraction of sp³-hybridized carbons (Fsp3) is 0.133. The highest BCUT2D eigenvalue weighted by molar-refractivity contribution is 6.33. The maximum Gasteiger partial charge on any atom is 0.255 e. The highest BCUT2D eigenvalue weighted by Crippen LogP contribution is 2.21. The van der Waals surface area contributed by atoms with Crippen molar-refractivity contribution >= 4 is 23.2 Å². The van der Waals surface area contributed by atoms with Crippen LogP contribution >= 0.6 is 11.6 Å². The lowest BCUT2D eigenvalue weighted by Crippen LogP contribution is -2.12. The van der Waals surface area contributed by atoms with Crippen LogP contribution in [0.15, 0.2) is 48.5 Å². The molecule has 0 atom stereocenters. The zero-order valence-electron chi connectivity index (χ0n) is 10.5. The van der Waals surface area contributed by atoms with E-state index in [1.54, 1.807) is 31.4 Å². The first kappa shape index (κ1) is 13.6. The molecular formula is C15H14ClNO2. The number of carbonyl (C=O) groups excluding carboxylic acids is 1. The van der Waals surface area contributed by atoms with Gasteiger partial charge in [-0.15, -0.1) is 0 Å². The number of hydrogen-bond donors (Lipinski definition) is 1. The van der Waals surface area contributed by atoms with E-state index in [9.17, 15) is 4.79 Å². The molecule has 2 rings (SSSR count). The molecular weight excluding hydrogens is 262 g/mol. The summed E-state index contributed by atoms with van der Waals surface area (Å²) in [6, 6.07) is 14.4. The number of para-hydroxylation sites is 1. The predicted molar refractivity (Wildman–Crippen MR) is 76.6 cm³/mol. The number of rotatable bonds is 4. The number of anilines is 1. The number of halogens is 1. The molecule has 4 heteroatoms. The molecule has 3 nitrogen and oxygen atoms in total. The van der Waals surface area contributed by atoms with Crippen molar-refractivity contribution in [1.82, 2.24) is 0 Å². The molecule has 1 amide bonds. The number of methoxy groups -OCH3 is 1. The van der Waals surface area contributed by atoms with Crippen molar-refractivity contribution in [3.63, 3.8) is 0 Å². The van der Waals surface area contributed by atoms with Crippen molar-refractivity contribution in [2.24, 2.45) is 0 Å². The van der Waals surface area contributed by atoms with Crippen LogP contribution in [0.3, 0.4) is 0 Å². The number of amides is 1. The zero-order valence-corrected chi connectivity index (χ0v) is 11.3. The first-order valence-corrected chi connectivity index (χ1v) is 6.22. The van der Waals surface area contributed by atoms with Gasteiger partial charge in [0.25, 0.3) is 5.91 Å². The van der Waals surface area contributed by atoms with Gasteiger partial charge in [-0.2, -0.15) is 0 Å². The van der Waals surface area contributed by atoms with E-state index < -0.39 is 0 Å². The van der Waals surface area contributed by atoms with Gasteiger partial charge in [-0.05, 0) is 29.8 Å². The van der Waals surface area contributed by atoms with E-state index in [0.29, 0.717) is 22.9 Å². The summed E-state index contributed by atoms with van der Waals surface area (Å²) in [5, 5.41) is 3.30. The first-order chi connectivity index (χ1) is 9.20. The Morgan fingerprint density at radius 1 is 1.16 bits per heavy atom. The number of ether oxygens (including phenoxy) is 1. The van der Waals surface area contributed by atoms with Gasteiger partial charge in [-0.25, -0.2) is 0 Å². The van der Waals surface area contributed by atoms with Gasteiger partial charge in [0, 0.05) is 12.7 Å². The van der Waals surface area contributed by atoms with Crippen LogP contribution in [0, 0.1) is 0 Å². The Bertz CT molecular complexity index is 567. The van der Waals surface area contributed by atoms with Gasteiger partial charge < -0.3 is 10.1 Å². The third kappa shape index (κ3) is 3.56. The molecule has 0 aliphatic carbocycles. The quantitative estimate of drug-likeness (QED) is 0.923. The second-order valence-electron chi connectivity index (χ2n) is 4.06. The summed E-state index contributed by atoms with van der Waals surface area (Å²) in [6.07, 6.45) is 0. The molecule has 0 radical (unpaired) electrons. The minimum atomic E-state index is -0.183. The molecule has 0 saturated carbocycles. The summed E-state index contributed by atoms with van der Waals surface area (Å²) in [6.45, 7) is 0.534. The summed E-state index contributed by atoms with van der Waals surface area (Å²) in [5.41, 5.74) is 2.21. The van der Waals surface area contributed by atoms with Gasteiger partial charge in [-0.1, -0.05) is 35.9 Å². The molecule has 1 N–H and O–H groups in total. The molecule has 19 heavy (non-hydrogen) atoms. The van der Waals surface area contributed by atoms with Crippen LogP contribution in [0.4, 0.5) is 5.69 Å². The van der Waals surface area contributed by atoms with Crippen molar-refractivity contribution in [1.29, 1.82) is 0 Å². The molecule has 2 aromatic carbocycles. The monoisotopic (exact) mass is 275 g/mol. The number of benzene rings is 2. The largest absolute Gasteiger partial charge is 0.380 e. The van der Waals surface area contributed by atoms with Crippen molar-refractivity contribution < 1.29 is 9.53 Å². The topological polar surface area (TPSA) is 38.3 Å². The molecule has 0 aliphatic rings. The third-order valence-electron chi connectivity index (χ3n) is 2.65. The summed E-state index contributed by atoms with van der Waals surface area (Å²) in [7, 11) is 1.64. The van der Waals surface area contributed by atoms with Crippen molar-refractivity contribution in [2.75, 3.05) is 12.4 Å². The Hall–Kier alpha value is -1.84. The summed E-state index contributed by atoms with van der Waals surface area (Å²) in [4.78, 5) is 12.0. The van der Waals surface area contributed by atoms with Crippen LogP contribution in [0.2, 0.25) is 5.02 Å². The van der Waals surface area contributed by atoms with E-state index in [4.69, 9.17) is 16.3 Å². The maximum absolute atomic E-state index is 12.0. The zero-order chi connectivity index (χ0) is 13.7. The average molecular weight is 276 g/mol. The molecule has 0 unspecified atom stereocenters. The van der Waals surface area contributed by atoms with Crippen LogP contribution in [0.5, 0.6) is 0 Å². The molecule has 0 heterocycles. The van der Waals surface area contributed by atoms with E-state index in [1.807, 2.05) is 24.3 Å². The molecule has 0 aliphatic heterocycles. The van der Waals surface area contributed by atoms with Gasteiger partial charge in [0.05, 0.1) is 17.3 Å². The van der Waals surface area contributed by atoms with Crippen LogP contribution in [-0.4, -0.2) is 13.0 Å². The minimum Gasteiger partial charge on any atom is -0.380 e. The lowest BCUT2D eigenvalue weighted by Gasteiger charge is -2.07. The predicted octanol–water partition coefficient (Wildman–Crippen LogP) is 3.74. The Kier molecular flexibility index (Phi) is 4.55. The van der Waals surface area contributed by atoms with Crippen molar-refractivity contribution in [3.05, 3.63) is 64.7 Å². The number of hydrogen-bond acceptors (Lipinski definition) is 2. The first-order valence-electron chi connectivity index (χ1n) is 5.84. The summed E-state index contributed by atoms with van der Waals surface area (Å²) < 4.78 is 5.02. The highest BCUT2D eigenvalue weighted by atomic mass is 35.5. The number of nitrogens with one attached hydrogen (secondary N) is 1. The Morgan fingerprint density at radius 3 is 2.47 bits per heavy atom. The van der Waals surface area contributed by atoms with E-state index in [1.165, 1.54) is 0 Å². The van der Waals surface area contributed by atoms with Crippen molar-refractivity contribution in [2.45, 2.75) is 6.61 Å². The minimum absolute atomic E-state index is 0.183. The molecule has 0 saturated heterocycles. The molecule has 0 aromatic heterocycles. The van der Waals surface area contributed by atoms with Crippen LogP contribution in [0.25, 0.3) is 0 Å². The lowest BCUT2D eigenvalue weighted by molar-refractivity contribution is 0.102. The van der Waals surface area contributed by atoms with E-state index >= 15 is 0 Å². The lowest BCUT2D eigenvalue weighted by atomic mass is 10.1. The van der Waals surface area contributed by atoms with Gasteiger partial charge >= 0.3 is 0 Å². The molecule has 98 valence electrons. The maximum atomic E-state index is 12.0. The highest BCUT2D eigenvalue weighted by Gasteiger charge is 2.07. The van der Waals surface area contributed by atoms with E-state index in [-0.39, 0.29) is 5.91 Å². The molecule has 0 fully saturated rings. The van der Waals surface area contributed by atoms with Crippen molar-refractivity contribution in [3.8, 4) is 0 Å². The second kappa shape index (κ2) is 6.36.